The van der Waals surface area contributed by atoms with Gasteiger partial charge in [-0.05, 0) is 30.7 Å². The molecule has 0 atom stereocenters. The number of aromatic nitrogens is 3. The fraction of sp³-hybridized carbons (Fsp3) is 0.227. The third-order valence-corrected chi connectivity index (χ3v) is 5.39. The maximum atomic E-state index is 12.5. The van der Waals surface area contributed by atoms with Crippen LogP contribution in [-0.4, -0.2) is 51.6 Å². The second-order valence-corrected chi connectivity index (χ2v) is 7.18. The number of rotatable bonds is 3. The Balaban J connectivity index is 1.40. The topological polar surface area (TPSA) is 66.9 Å². The Hall–Kier alpha value is -3.61. The lowest BCUT2D eigenvalue weighted by molar-refractivity contribution is 0.0714. The highest BCUT2D eigenvalue weighted by Crippen LogP contribution is 2.27. The third kappa shape index (κ3) is 3.14. The minimum absolute atomic E-state index is 0.0630. The SMILES string of the molecule is Cc1ccccc1-c1cc2c(N3CCN(C(=O)c4ccco4)CC3)nccn2n1. The van der Waals surface area contributed by atoms with Crippen molar-refractivity contribution in [2.75, 3.05) is 31.1 Å². The molecule has 1 amide bonds. The molecule has 4 aromatic rings. The van der Waals surface area contributed by atoms with Crippen LogP contribution in [0.3, 0.4) is 0 Å². The number of benzene rings is 1. The van der Waals surface area contributed by atoms with E-state index in [9.17, 15) is 4.79 Å². The molecule has 0 saturated carbocycles. The number of fused-ring (bicyclic) bond motifs is 1. The Morgan fingerprint density at radius 3 is 2.66 bits per heavy atom. The number of amides is 1. The first-order chi connectivity index (χ1) is 14.2. The molecule has 0 bridgehead atoms. The molecular formula is C22H21N5O2. The quantitative estimate of drug-likeness (QED) is 0.540. The van der Waals surface area contributed by atoms with Crippen LogP contribution in [0.4, 0.5) is 5.82 Å². The number of carbonyl (C=O) groups excluding carboxylic acids is 1. The van der Waals surface area contributed by atoms with Crippen molar-refractivity contribution in [1.82, 2.24) is 19.5 Å². The highest BCUT2D eigenvalue weighted by atomic mass is 16.3. The lowest BCUT2D eigenvalue weighted by atomic mass is 10.1. The molecule has 1 aliphatic heterocycles. The highest BCUT2D eigenvalue weighted by molar-refractivity contribution is 5.91. The van der Waals surface area contributed by atoms with Gasteiger partial charge in [0.15, 0.2) is 11.6 Å². The van der Waals surface area contributed by atoms with E-state index in [1.54, 1.807) is 18.3 Å². The number of hydrogen-bond acceptors (Lipinski definition) is 5. The predicted molar refractivity (Wildman–Crippen MR) is 110 cm³/mol. The van der Waals surface area contributed by atoms with Crippen LogP contribution in [0.25, 0.3) is 16.8 Å². The highest BCUT2D eigenvalue weighted by Gasteiger charge is 2.25. The van der Waals surface area contributed by atoms with Crippen LogP contribution in [0.2, 0.25) is 0 Å². The summed E-state index contributed by atoms with van der Waals surface area (Å²) >= 11 is 0. The van der Waals surface area contributed by atoms with E-state index in [2.05, 4.69) is 35.0 Å². The molecular weight excluding hydrogens is 366 g/mol. The van der Waals surface area contributed by atoms with E-state index >= 15 is 0 Å². The van der Waals surface area contributed by atoms with Crippen LogP contribution in [0.15, 0.2) is 65.5 Å². The number of carbonyl (C=O) groups is 1. The van der Waals surface area contributed by atoms with E-state index in [1.807, 2.05) is 27.7 Å². The summed E-state index contributed by atoms with van der Waals surface area (Å²) in [6, 6.07) is 13.8. The van der Waals surface area contributed by atoms with Crippen LogP contribution in [0.5, 0.6) is 0 Å². The average Bonchev–Trinajstić information content (AvgIpc) is 3.43. The van der Waals surface area contributed by atoms with Gasteiger partial charge in [0.2, 0.25) is 0 Å². The fourth-order valence-electron chi connectivity index (χ4n) is 3.82. The molecule has 5 rings (SSSR count). The van der Waals surface area contributed by atoms with Gasteiger partial charge in [0.1, 0.15) is 5.52 Å². The van der Waals surface area contributed by atoms with Gasteiger partial charge >= 0.3 is 0 Å². The standard InChI is InChI=1S/C22H21N5O2/c1-16-5-2-3-6-17(16)18-15-19-21(23-8-9-27(19)24-18)25-10-12-26(13-11-25)22(28)20-7-4-14-29-20/h2-9,14-15H,10-13H2,1H3. The van der Waals surface area contributed by atoms with E-state index in [0.717, 1.165) is 22.6 Å². The molecule has 0 unspecified atom stereocenters. The van der Waals surface area contributed by atoms with E-state index in [1.165, 1.54) is 11.8 Å². The van der Waals surface area contributed by atoms with E-state index in [-0.39, 0.29) is 5.91 Å². The van der Waals surface area contributed by atoms with Crippen molar-refractivity contribution in [1.29, 1.82) is 0 Å². The smallest absolute Gasteiger partial charge is 0.289 e. The summed E-state index contributed by atoms with van der Waals surface area (Å²) in [4.78, 5) is 21.2. The molecule has 0 spiro atoms. The average molecular weight is 387 g/mol. The van der Waals surface area contributed by atoms with Crippen molar-refractivity contribution in [3.63, 3.8) is 0 Å². The van der Waals surface area contributed by atoms with Gasteiger partial charge in [-0.2, -0.15) is 5.10 Å². The van der Waals surface area contributed by atoms with Gasteiger partial charge in [0, 0.05) is 44.1 Å². The molecule has 1 saturated heterocycles. The Bertz CT molecular complexity index is 1160. The predicted octanol–water partition coefficient (Wildman–Crippen LogP) is 3.26. The van der Waals surface area contributed by atoms with Crippen molar-refractivity contribution in [3.05, 3.63) is 72.4 Å². The Labute approximate surface area is 168 Å². The second kappa shape index (κ2) is 7.09. The first-order valence-corrected chi connectivity index (χ1v) is 9.69. The summed E-state index contributed by atoms with van der Waals surface area (Å²) in [7, 11) is 0. The van der Waals surface area contributed by atoms with Crippen LogP contribution in [0.1, 0.15) is 16.1 Å². The first kappa shape index (κ1) is 17.5. The zero-order valence-electron chi connectivity index (χ0n) is 16.2. The summed E-state index contributed by atoms with van der Waals surface area (Å²) < 4.78 is 7.12. The van der Waals surface area contributed by atoms with Gasteiger partial charge < -0.3 is 14.2 Å². The molecule has 1 aromatic carbocycles. The van der Waals surface area contributed by atoms with Gasteiger partial charge in [-0.15, -0.1) is 0 Å². The first-order valence-electron chi connectivity index (χ1n) is 9.69. The molecule has 146 valence electrons. The number of piperazine rings is 1. The third-order valence-electron chi connectivity index (χ3n) is 5.39. The summed E-state index contributed by atoms with van der Waals surface area (Å²) in [5.41, 5.74) is 4.21. The second-order valence-electron chi connectivity index (χ2n) is 7.18. The Kier molecular flexibility index (Phi) is 4.27. The number of aryl methyl sites for hydroxylation is 1. The molecule has 0 N–H and O–H groups in total. The van der Waals surface area contributed by atoms with Crippen molar-refractivity contribution in [3.8, 4) is 11.3 Å². The van der Waals surface area contributed by atoms with Crippen LogP contribution >= 0.6 is 0 Å². The van der Waals surface area contributed by atoms with E-state index in [0.29, 0.717) is 31.9 Å². The number of nitrogens with zero attached hydrogens (tertiary/aromatic N) is 5. The molecule has 3 aromatic heterocycles. The number of furan rings is 1. The van der Waals surface area contributed by atoms with Crippen LogP contribution in [0, 0.1) is 6.92 Å². The van der Waals surface area contributed by atoms with Crippen molar-refractivity contribution >= 4 is 17.2 Å². The number of anilines is 1. The molecule has 7 heteroatoms. The molecule has 1 fully saturated rings. The van der Waals surface area contributed by atoms with Gasteiger partial charge in [-0.3, -0.25) is 4.79 Å². The van der Waals surface area contributed by atoms with Gasteiger partial charge in [0.05, 0.1) is 12.0 Å². The largest absolute Gasteiger partial charge is 0.459 e. The molecule has 0 aliphatic carbocycles. The monoisotopic (exact) mass is 387 g/mol. The maximum absolute atomic E-state index is 12.5. The van der Waals surface area contributed by atoms with Gasteiger partial charge in [-0.25, -0.2) is 9.50 Å². The fourth-order valence-corrected chi connectivity index (χ4v) is 3.82. The minimum Gasteiger partial charge on any atom is -0.459 e. The van der Waals surface area contributed by atoms with E-state index < -0.39 is 0 Å². The summed E-state index contributed by atoms with van der Waals surface area (Å²) in [5.74, 6) is 1.22. The molecule has 4 heterocycles. The lowest BCUT2D eigenvalue weighted by Gasteiger charge is -2.35. The summed E-state index contributed by atoms with van der Waals surface area (Å²) in [6.07, 6.45) is 5.17. The lowest BCUT2D eigenvalue weighted by Crippen LogP contribution is -2.49. The Morgan fingerprint density at radius 2 is 1.90 bits per heavy atom. The number of hydrogen-bond donors (Lipinski definition) is 0. The molecule has 1 aliphatic rings. The zero-order chi connectivity index (χ0) is 19.8. The van der Waals surface area contributed by atoms with Crippen molar-refractivity contribution in [2.24, 2.45) is 0 Å². The van der Waals surface area contributed by atoms with Gasteiger partial charge in [0.25, 0.3) is 5.91 Å². The van der Waals surface area contributed by atoms with Crippen molar-refractivity contribution in [2.45, 2.75) is 6.92 Å². The normalized spacial score (nSPS) is 14.5. The van der Waals surface area contributed by atoms with Crippen LogP contribution in [-0.2, 0) is 0 Å². The van der Waals surface area contributed by atoms with Crippen molar-refractivity contribution < 1.29 is 9.21 Å². The maximum Gasteiger partial charge on any atom is 0.289 e. The van der Waals surface area contributed by atoms with Gasteiger partial charge in [-0.1, -0.05) is 24.3 Å². The molecule has 7 nitrogen and oxygen atoms in total. The Morgan fingerprint density at radius 1 is 1.07 bits per heavy atom. The van der Waals surface area contributed by atoms with E-state index in [4.69, 9.17) is 9.52 Å². The minimum atomic E-state index is -0.0630. The molecule has 29 heavy (non-hydrogen) atoms. The zero-order valence-corrected chi connectivity index (χ0v) is 16.2. The summed E-state index contributed by atoms with van der Waals surface area (Å²) in [6.45, 7) is 4.77. The van der Waals surface area contributed by atoms with Crippen LogP contribution < -0.4 is 4.90 Å². The summed E-state index contributed by atoms with van der Waals surface area (Å²) in [5, 5.41) is 4.75. The molecule has 0 radical (unpaired) electrons.